The van der Waals surface area contributed by atoms with Crippen LogP contribution < -0.4 is 15.8 Å². The fourth-order valence-corrected chi connectivity index (χ4v) is 2.48. The SMILES string of the molecule is CC(C)COc1cccc(CNC(=O)C(N)CCS(C)(=O)=O)c1.Cl. The van der Waals surface area contributed by atoms with Crippen molar-refractivity contribution in [3.05, 3.63) is 29.8 Å². The van der Waals surface area contributed by atoms with Crippen LogP contribution in [0.3, 0.4) is 0 Å². The number of ether oxygens (including phenoxy) is 1. The van der Waals surface area contributed by atoms with Gasteiger partial charge in [-0.3, -0.25) is 4.79 Å². The van der Waals surface area contributed by atoms with Gasteiger partial charge in [0, 0.05) is 12.8 Å². The second-order valence-corrected chi connectivity index (χ2v) is 8.35. The van der Waals surface area contributed by atoms with Crippen molar-refractivity contribution >= 4 is 28.2 Å². The zero-order chi connectivity index (χ0) is 17.5. The van der Waals surface area contributed by atoms with Crippen molar-refractivity contribution in [3.63, 3.8) is 0 Å². The third-order valence-corrected chi connectivity index (χ3v) is 4.06. The number of carbonyl (C=O) groups is 1. The molecule has 8 heteroatoms. The number of hydrogen-bond donors (Lipinski definition) is 2. The largest absolute Gasteiger partial charge is 0.493 e. The van der Waals surface area contributed by atoms with E-state index < -0.39 is 15.9 Å². The average molecular weight is 379 g/mol. The number of nitrogens with two attached hydrogens (primary N) is 1. The summed E-state index contributed by atoms with van der Waals surface area (Å²) in [5, 5.41) is 2.71. The van der Waals surface area contributed by atoms with Crippen molar-refractivity contribution in [3.8, 4) is 5.75 Å². The van der Waals surface area contributed by atoms with Crippen molar-refractivity contribution < 1.29 is 17.9 Å². The average Bonchev–Trinajstić information content (AvgIpc) is 2.47. The summed E-state index contributed by atoms with van der Waals surface area (Å²) in [4.78, 5) is 11.9. The lowest BCUT2D eigenvalue weighted by Gasteiger charge is -2.13. The van der Waals surface area contributed by atoms with Crippen molar-refractivity contribution in [2.24, 2.45) is 11.7 Å². The minimum absolute atomic E-state index is 0. The Morgan fingerprint density at radius 2 is 2.00 bits per heavy atom. The summed E-state index contributed by atoms with van der Waals surface area (Å²) in [7, 11) is -3.12. The molecule has 1 amide bonds. The van der Waals surface area contributed by atoms with Gasteiger partial charge in [-0.1, -0.05) is 26.0 Å². The van der Waals surface area contributed by atoms with Crippen LogP contribution >= 0.6 is 12.4 Å². The number of carbonyl (C=O) groups excluding carboxylic acids is 1. The summed E-state index contributed by atoms with van der Waals surface area (Å²) in [6, 6.07) is 6.65. The van der Waals surface area contributed by atoms with Gasteiger partial charge in [-0.05, 0) is 30.0 Å². The van der Waals surface area contributed by atoms with Gasteiger partial charge in [0.15, 0.2) is 0 Å². The maximum atomic E-state index is 11.9. The molecule has 0 aromatic heterocycles. The summed E-state index contributed by atoms with van der Waals surface area (Å²) in [6.07, 6.45) is 1.24. The van der Waals surface area contributed by atoms with E-state index in [0.29, 0.717) is 19.1 Å². The van der Waals surface area contributed by atoms with Crippen LogP contribution in [0.4, 0.5) is 0 Å². The first-order valence-corrected chi connectivity index (χ1v) is 9.66. The molecule has 0 aliphatic heterocycles. The molecule has 138 valence electrons. The third kappa shape index (κ3) is 9.75. The molecular weight excluding hydrogens is 352 g/mol. The van der Waals surface area contributed by atoms with Crippen molar-refractivity contribution in [2.45, 2.75) is 32.9 Å². The molecule has 0 saturated carbocycles. The van der Waals surface area contributed by atoms with E-state index in [9.17, 15) is 13.2 Å². The molecule has 6 nitrogen and oxygen atoms in total. The Balaban J connectivity index is 0.00000529. The molecule has 1 unspecified atom stereocenters. The number of rotatable bonds is 9. The van der Waals surface area contributed by atoms with Crippen LogP contribution in [0.15, 0.2) is 24.3 Å². The smallest absolute Gasteiger partial charge is 0.237 e. The van der Waals surface area contributed by atoms with Crippen molar-refractivity contribution in [1.82, 2.24) is 5.32 Å². The first-order chi connectivity index (χ1) is 10.7. The molecule has 24 heavy (non-hydrogen) atoms. The van der Waals surface area contributed by atoms with Gasteiger partial charge in [-0.25, -0.2) is 8.42 Å². The summed E-state index contributed by atoms with van der Waals surface area (Å²) in [5.74, 6) is 0.736. The van der Waals surface area contributed by atoms with Crippen LogP contribution in [0, 0.1) is 5.92 Å². The van der Waals surface area contributed by atoms with E-state index >= 15 is 0 Å². The van der Waals surface area contributed by atoms with E-state index in [4.69, 9.17) is 10.5 Å². The van der Waals surface area contributed by atoms with Gasteiger partial charge in [-0.2, -0.15) is 0 Å². The molecule has 0 spiro atoms. The standard InChI is InChI=1S/C16H26N2O4S.ClH/c1-12(2)11-22-14-6-4-5-13(9-14)10-18-16(19)15(17)7-8-23(3,20)21;/h4-6,9,12,15H,7-8,10-11,17H2,1-3H3,(H,18,19);1H. The lowest BCUT2D eigenvalue weighted by atomic mass is 10.2. The Morgan fingerprint density at radius 3 is 2.58 bits per heavy atom. The highest BCUT2D eigenvalue weighted by Crippen LogP contribution is 2.14. The van der Waals surface area contributed by atoms with Gasteiger partial charge >= 0.3 is 0 Å². The Hall–Kier alpha value is -1.31. The van der Waals surface area contributed by atoms with E-state index in [1.54, 1.807) is 0 Å². The van der Waals surface area contributed by atoms with Crippen LogP contribution in [0.2, 0.25) is 0 Å². The number of nitrogens with one attached hydrogen (secondary N) is 1. The maximum Gasteiger partial charge on any atom is 0.237 e. The zero-order valence-electron chi connectivity index (χ0n) is 14.3. The van der Waals surface area contributed by atoms with Crippen LogP contribution in [0.1, 0.15) is 25.8 Å². The van der Waals surface area contributed by atoms with Crippen LogP contribution in [-0.2, 0) is 21.2 Å². The molecule has 0 heterocycles. The molecule has 1 aromatic rings. The highest BCUT2D eigenvalue weighted by Gasteiger charge is 2.15. The minimum atomic E-state index is -3.12. The molecule has 1 atom stereocenters. The summed E-state index contributed by atoms with van der Waals surface area (Å²) in [5.41, 5.74) is 6.60. The minimum Gasteiger partial charge on any atom is -0.493 e. The fourth-order valence-electron chi connectivity index (χ4n) is 1.80. The van der Waals surface area contributed by atoms with E-state index in [2.05, 4.69) is 19.2 Å². The quantitative estimate of drug-likeness (QED) is 0.678. The summed E-state index contributed by atoms with van der Waals surface area (Å²) in [6.45, 7) is 5.10. The van der Waals surface area contributed by atoms with E-state index in [0.717, 1.165) is 17.6 Å². The lowest BCUT2D eigenvalue weighted by Crippen LogP contribution is -2.41. The van der Waals surface area contributed by atoms with Gasteiger partial charge in [0.25, 0.3) is 0 Å². The lowest BCUT2D eigenvalue weighted by molar-refractivity contribution is -0.122. The molecule has 0 aliphatic carbocycles. The highest BCUT2D eigenvalue weighted by atomic mass is 35.5. The maximum absolute atomic E-state index is 11.9. The third-order valence-electron chi connectivity index (χ3n) is 3.08. The predicted octanol–water partition coefficient (Wildman–Crippen LogP) is 1.52. The van der Waals surface area contributed by atoms with Crippen molar-refractivity contribution in [2.75, 3.05) is 18.6 Å². The Labute approximate surface area is 150 Å². The second-order valence-electron chi connectivity index (χ2n) is 6.10. The number of sulfone groups is 1. The first-order valence-electron chi connectivity index (χ1n) is 7.60. The summed E-state index contributed by atoms with van der Waals surface area (Å²) < 4.78 is 27.8. The van der Waals surface area contributed by atoms with Gasteiger partial charge in [0.2, 0.25) is 5.91 Å². The molecule has 0 fully saturated rings. The molecule has 0 aliphatic rings. The molecule has 0 bridgehead atoms. The zero-order valence-corrected chi connectivity index (χ0v) is 16.0. The Bertz CT molecular complexity index is 620. The molecule has 1 rings (SSSR count). The number of benzene rings is 1. The van der Waals surface area contributed by atoms with E-state index in [-0.39, 0.29) is 30.5 Å². The normalized spacial score (nSPS) is 12.4. The molecule has 0 saturated heterocycles. The van der Waals surface area contributed by atoms with Gasteiger partial charge in [-0.15, -0.1) is 12.4 Å². The molecular formula is C16H27ClN2O4S. The monoisotopic (exact) mass is 378 g/mol. The molecule has 1 aromatic carbocycles. The number of halogens is 1. The molecule has 0 radical (unpaired) electrons. The Morgan fingerprint density at radius 1 is 1.33 bits per heavy atom. The highest BCUT2D eigenvalue weighted by molar-refractivity contribution is 7.90. The van der Waals surface area contributed by atoms with Crippen LogP contribution in [-0.4, -0.2) is 39.0 Å². The predicted molar refractivity (Wildman–Crippen MR) is 98.2 cm³/mol. The van der Waals surface area contributed by atoms with Gasteiger partial charge in [0.1, 0.15) is 15.6 Å². The van der Waals surface area contributed by atoms with E-state index in [1.807, 2.05) is 24.3 Å². The van der Waals surface area contributed by atoms with Crippen LogP contribution in [0.5, 0.6) is 5.75 Å². The first kappa shape index (κ1) is 22.7. The van der Waals surface area contributed by atoms with Gasteiger partial charge < -0.3 is 15.8 Å². The second kappa shape index (κ2) is 10.5. The number of hydrogen-bond acceptors (Lipinski definition) is 5. The van der Waals surface area contributed by atoms with Crippen molar-refractivity contribution in [1.29, 1.82) is 0 Å². The summed E-state index contributed by atoms with van der Waals surface area (Å²) >= 11 is 0. The van der Waals surface area contributed by atoms with E-state index in [1.165, 1.54) is 0 Å². The molecule has 3 N–H and O–H groups in total. The Kier molecular flexibility index (Phi) is 9.96. The number of amides is 1. The van der Waals surface area contributed by atoms with Crippen LogP contribution in [0.25, 0.3) is 0 Å². The van der Waals surface area contributed by atoms with Gasteiger partial charge in [0.05, 0.1) is 18.4 Å². The topological polar surface area (TPSA) is 98.5 Å². The fraction of sp³-hybridized carbons (Fsp3) is 0.562.